The maximum Gasteiger partial charge on any atom is 0.275 e. The summed E-state index contributed by atoms with van der Waals surface area (Å²) in [6.07, 6.45) is 9.87. The average molecular weight is 298 g/mol. The van der Waals surface area contributed by atoms with Crippen LogP contribution in [0.2, 0.25) is 0 Å². The molecule has 7 heteroatoms. The molecule has 0 spiro atoms. The van der Waals surface area contributed by atoms with E-state index >= 15 is 0 Å². The Kier molecular flexibility index (Phi) is 4.22. The zero-order valence-corrected chi connectivity index (χ0v) is 12.5. The zero-order valence-electron chi connectivity index (χ0n) is 12.5. The molecule has 0 aliphatic carbocycles. The first-order valence-electron chi connectivity index (χ1n) is 7.39. The summed E-state index contributed by atoms with van der Waals surface area (Å²) < 4.78 is 0. The van der Waals surface area contributed by atoms with E-state index in [2.05, 4.69) is 30.2 Å². The molecular weight excluding hydrogens is 280 g/mol. The van der Waals surface area contributed by atoms with E-state index in [0.29, 0.717) is 11.6 Å². The van der Waals surface area contributed by atoms with Crippen LogP contribution in [0.25, 0.3) is 0 Å². The maximum absolute atomic E-state index is 12.0. The highest BCUT2D eigenvalue weighted by atomic mass is 16.1. The third-order valence-electron chi connectivity index (χ3n) is 3.55. The van der Waals surface area contributed by atoms with Crippen molar-refractivity contribution in [2.24, 2.45) is 0 Å². The van der Waals surface area contributed by atoms with Gasteiger partial charge in [-0.15, -0.1) is 0 Å². The Bertz CT molecular complexity index is 634. The van der Waals surface area contributed by atoms with Gasteiger partial charge in [-0.05, 0) is 26.2 Å². The molecule has 0 bridgehead atoms. The Balaban J connectivity index is 1.65. The van der Waals surface area contributed by atoms with E-state index in [9.17, 15) is 4.79 Å². The highest BCUT2D eigenvalue weighted by Gasteiger charge is 2.14. The Hall–Kier alpha value is -2.57. The molecule has 0 aromatic carbocycles. The van der Waals surface area contributed by atoms with Crippen molar-refractivity contribution in [1.29, 1.82) is 0 Å². The lowest BCUT2D eigenvalue weighted by Gasteiger charge is -2.26. The first-order valence-corrected chi connectivity index (χ1v) is 7.39. The molecule has 2 aromatic rings. The molecule has 1 amide bonds. The molecule has 22 heavy (non-hydrogen) atoms. The van der Waals surface area contributed by atoms with Crippen molar-refractivity contribution >= 4 is 17.5 Å². The smallest absolute Gasteiger partial charge is 0.275 e. The second-order valence-electron chi connectivity index (χ2n) is 5.32. The number of aromatic nitrogens is 4. The van der Waals surface area contributed by atoms with Gasteiger partial charge < -0.3 is 10.2 Å². The summed E-state index contributed by atoms with van der Waals surface area (Å²) in [5.41, 5.74) is 1.59. The van der Waals surface area contributed by atoms with Gasteiger partial charge in [0.2, 0.25) is 5.95 Å². The number of piperidine rings is 1. The molecule has 1 N–H and O–H groups in total. The minimum atomic E-state index is -0.318. The minimum absolute atomic E-state index is 0.269. The highest BCUT2D eigenvalue weighted by Crippen LogP contribution is 2.16. The van der Waals surface area contributed by atoms with E-state index in [1.165, 1.54) is 25.5 Å². The van der Waals surface area contributed by atoms with Gasteiger partial charge in [-0.3, -0.25) is 9.78 Å². The molecule has 1 saturated heterocycles. The number of nitrogens with one attached hydrogen (secondary N) is 1. The Labute approximate surface area is 128 Å². The van der Waals surface area contributed by atoms with Crippen molar-refractivity contribution in [1.82, 2.24) is 19.9 Å². The predicted octanol–water partition coefficient (Wildman–Crippen LogP) is 1.82. The van der Waals surface area contributed by atoms with Gasteiger partial charge in [0.1, 0.15) is 5.69 Å². The number of anilines is 2. The predicted molar refractivity (Wildman–Crippen MR) is 82.8 cm³/mol. The standard InChI is InChI=1S/C15H18N6O/c1-11-7-17-13(10-16-11)14(22)20-12-8-18-15(19-9-12)21-5-3-2-4-6-21/h7-10H,2-6H2,1H3,(H,20,22). The molecule has 1 aliphatic heterocycles. The second kappa shape index (κ2) is 6.46. The third kappa shape index (κ3) is 3.36. The number of carbonyl (C=O) groups is 1. The van der Waals surface area contributed by atoms with E-state index in [0.717, 1.165) is 18.8 Å². The van der Waals surface area contributed by atoms with E-state index < -0.39 is 0 Å². The van der Waals surface area contributed by atoms with E-state index in [1.807, 2.05) is 6.92 Å². The van der Waals surface area contributed by atoms with Crippen LogP contribution in [0.3, 0.4) is 0 Å². The lowest BCUT2D eigenvalue weighted by atomic mass is 10.1. The first-order chi connectivity index (χ1) is 10.7. The molecule has 7 nitrogen and oxygen atoms in total. The molecule has 0 saturated carbocycles. The molecule has 3 heterocycles. The van der Waals surface area contributed by atoms with Crippen LogP contribution < -0.4 is 10.2 Å². The summed E-state index contributed by atoms with van der Waals surface area (Å²) in [5.74, 6) is 0.398. The fourth-order valence-electron chi connectivity index (χ4n) is 2.35. The van der Waals surface area contributed by atoms with Gasteiger partial charge >= 0.3 is 0 Å². The van der Waals surface area contributed by atoms with Crippen LogP contribution in [0.5, 0.6) is 0 Å². The fraction of sp³-hybridized carbons (Fsp3) is 0.400. The molecule has 1 aliphatic rings. The van der Waals surface area contributed by atoms with Crippen molar-refractivity contribution in [3.63, 3.8) is 0 Å². The summed E-state index contributed by atoms with van der Waals surface area (Å²) in [6, 6.07) is 0. The van der Waals surface area contributed by atoms with Gasteiger partial charge in [-0.1, -0.05) is 0 Å². The average Bonchev–Trinajstić information content (AvgIpc) is 2.57. The molecule has 2 aromatic heterocycles. The normalized spacial score (nSPS) is 14.7. The van der Waals surface area contributed by atoms with Crippen LogP contribution in [0.1, 0.15) is 35.4 Å². The zero-order chi connectivity index (χ0) is 15.4. The van der Waals surface area contributed by atoms with Gasteiger partial charge in [0.15, 0.2) is 0 Å². The van der Waals surface area contributed by atoms with Gasteiger partial charge in [-0.2, -0.15) is 0 Å². The largest absolute Gasteiger partial charge is 0.341 e. The topological polar surface area (TPSA) is 83.9 Å². The van der Waals surface area contributed by atoms with Gasteiger partial charge in [0.25, 0.3) is 5.91 Å². The van der Waals surface area contributed by atoms with Gasteiger partial charge in [-0.25, -0.2) is 15.0 Å². The number of aryl methyl sites for hydroxylation is 1. The Morgan fingerprint density at radius 1 is 1.00 bits per heavy atom. The fourth-order valence-corrected chi connectivity index (χ4v) is 2.35. The van der Waals surface area contributed by atoms with Crippen molar-refractivity contribution in [2.45, 2.75) is 26.2 Å². The van der Waals surface area contributed by atoms with E-state index in [1.54, 1.807) is 18.6 Å². The van der Waals surface area contributed by atoms with Crippen LogP contribution in [0.15, 0.2) is 24.8 Å². The highest BCUT2D eigenvalue weighted by molar-refractivity contribution is 6.02. The van der Waals surface area contributed by atoms with E-state index in [4.69, 9.17) is 0 Å². The molecule has 114 valence electrons. The SMILES string of the molecule is Cc1cnc(C(=O)Nc2cnc(N3CCCCC3)nc2)cn1. The van der Waals surface area contributed by atoms with Crippen molar-refractivity contribution in [3.8, 4) is 0 Å². The summed E-state index contributed by atoms with van der Waals surface area (Å²) >= 11 is 0. The Morgan fingerprint density at radius 3 is 2.36 bits per heavy atom. The molecule has 3 rings (SSSR count). The number of rotatable bonds is 3. The van der Waals surface area contributed by atoms with Crippen LogP contribution >= 0.6 is 0 Å². The molecule has 1 fully saturated rings. The summed E-state index contributed by atoms with van der Waals surface area (Å²) in [5, 5.41) is 2.72. The number of nitrogens with zero attached hydrogens (tertiary/aromatic N) is 5. The number of carbonyl (C=O) groups excluding carboxylic acids is 1. The summed E-state index contributed by atoms with van der Waals surface area (Å²) in [7, 11) is 0. The first kappa shape index (κ1) is 14.4. The second-order valence-corrected chi connectivity index (χ2v) is 5.32. The van der Waals surface area contributed by atoms with Crippen molar-refractivity contribution in [2.75, 3.05) is 23.3 Å². The number of hydrogen-bond acceptors (Lipinski definition) is 6. The molecule has 0 radical (unpaired) electrons. The van der Waals surface area contributed by atoms with Gasteiger partial charge in [0, 0.05) is 19.3 Å². The van der Waals surface area contributed by atoms with Gasteiger partial charge in [0.05, 0.1) is 30.0 Å². The monoisotopic (exact) mass is 298 g/mol. The Morgan fingerprint density at radius 2 is 1.73 bits per heavy atom. The van der Waals surface area contributed by atoms with Crippen LogP contribution in [0, 0.1) is 6.92 Å². The minimum Gasteiger partial charge on any atom is -0.341 e. The van der Waals surface area contributed by atoms with Crippen LogP contribution in [-0.4, -0.2) is 38.9 Å². The lowest BCUT2D eigenvalue weighted by molar-refractivity contribution is 0.102. The summed E-state index contributed by atoms with van der Waals surface area (Å²) in [6.45, 7) is 3.80. The summed E-state index contributed by atoms with van der Waals surface area (Å²) in [4.78, 5) is 31.0. The van der Waals surface area contributed by atoms with E-state index in [-0.39, 0.29) is 11.6 Å². The van der Waals surface area contributed by atoms with Crippen LogP contribution in [0.4, 0.5) is 11.6 Å². The quantitative estimate of drug-likeness (QED) is 0.930. The lowest BCUT2D eigenvalue weighted by Crippen LogP contribution is -2.30. The number of amides is 1. The molecular formula is C15H18N6O. The van der Waals surface area contributed by atoms with Crippen molar-refractivity contribution in [3.05, 3.63) is 36.2 Å². The van der Waals surface area contributed by atoms with Crippen LogP contribution in [-0.2, 0) is 0 Å². The maximum atomic E-state index is 12.0. The third-order valence-corrected chi connectivity index (χ3v) is 3.55. The molecule has 0 unspecified atom stereocenters. The van der Waals surface area contributed by atoms with Crippen molar-refractivity contribution < 1.29 is 4.79 Å². The molecule has 0 atom stereocenters. The number of hydrogen-bond donors (Lipinski definition) is 1.